The van der Waals surface area contributed by atoms with Gasteiger partial charge in [-0.15, -0.1) is 0 Å². The van der Waals surface area contributed by atoms with Crippen molar-refractivity contribution in [1.29, 1.82) is 0 Å². The van der Waals surface area contributed by atoms with Gasteiger partial charge in [-0.3, -0.25) is 10.1 Å². The highest BCUT2D eigenvalue weighted by molar-refractivity contribution is 9.24. The maximum atomic E-state index is 10.9. The van der Waals surface area contributed by atoms with E-state index in [2.05, 4.69) is 47.1 Å². The van der Waals surface area contributed by atoms with E-state index in [0.29, 0.717) is 0 Å². The Labute approximate surface area is 108 Å². The molecule has 0 aliphatic rings. The summed E-state index contributed by atoms with van der Waals surface area (Å²) in [4.78, 5) is 18.1. The number of nitro groups is 1. The molecule has 1 rings (SSSR count). The third kappa shape index (κ3) is 2.59. The van der Waals surface area contributed by atoms with Crippen LogP contribution in [0.3, 0.4) is 0 Å². The Bertz CT molecular complexity index is 413. The molecule has 0 bridgehead atoms. The van der Waals surface area contributed by atoms with Crippen molar-refractivity contribution in [3.63, 3.8) is 0 Å². The van der Waals surface area contributed by atoms with Crippen LogP contribution in [-0.2, 0) is 0 Å². The minimum absolute atomic E-state index is 0.0638. The van der Waals surface area contributed by atoms with Crippen LogP contribution in [0, 0.1) is 10.1 Å². The first kappa shape index (κ1) is 13.1. The molecule has 0 unspecified atom stereocenters. The van der Waals surface area contributed by atoms with Crippen LogP contribution in [0.5, 0.6) is 6.01 Å². The van der Waals surface area contributed by atoms with E-state index in [1.165, 1.54) is 14.2 Å². The van der Waals surface area contributed by atoms with Gasteiger partial charge in [-0.2, -0.15) is 9.97 Å². The van der Waals surface area contributed by atoms with E-state index >= 15 is 0 Å². The van der Waals surface area contributed by atoms with Gasteiger partial charge in [-0.25, -0.2) is 0 Å². The van der Waals surface area contributed by atoms with E-state index in [1.54, 1.807) is 0 Å². The highest BCUT2D eigenvalue weighted by atomic mass is 79.9. The highest BCUT2D eigenvalue weighted by Gasteiger charge is 2.27. The standard InChI is InChI=1S/C7H8Br2N4O3/c1-10-6-4(13(14)15)3(5(8)9)11-7(12-6)16-2/h5H,1-2H3,(H,10,11,12). The van der Waals surface area contributed by atoms with E-state index < -0.39 is 8.66 Å². The molecule has 0 aliphatic carbocycles. The Morgan fingerprint density at radius 1 is 1.50 bits per heavy atom. The Balaban J connectivity index is 3.47. The lowest BCUT2D eigenvalue weighted by Crippen LogP contribution is -2.07. The van der Waals surface area contributed by atoms with Crippen molar-refractivity contribution >= 4 is 43.4 Å². The van der Waals surface area contributed by atoms with Crippen molar-refractivity contribution < 1.29 is 9.66 Å². The van der Waals surface area contributed by atoms with Gasteiger partial charge >= 0.3 is 11.7 Å². The molecule has 0 saturated carbocycles. The molecule has 88 valence electrons. The summed E-state index contributed by atoms with van der Waals surface area (Å²) in [5, 5.41) is 13.5. The molecule has 0 radical (unpaired) electrons. The molecule has 16 heavy (non-hydrogen) atoms. The summed E-state index contributed by atoms with van der Waals surface area (Å²) in [5.41, 5.74) is 0.00301. The number of rotatable bonds is 4. The van der Waals surface area contributed by atoms with E-state index in [-0.39, 0.29) is 23.2 Å². The molecule has 0 aliphatic heterocycles. The molecule has 0 atom stereocenters. The second-order valence-corrected chi connectivity index (χ2v) is 5.66. The fraction of sp³-hybridized carbons (Fsp3) is 0.429. The van der Waals surface area contributed by atoms with E-state index in [4.69, 9.17) is 4.74 Å². The summed E-state index contributed by atoms with van der Waals surface area (Å²) in [6, 6.07) is 0.0638. The number of nitrogens with zero attached hydrogens (tertiary/aromatic N) is 3. The minimum atomic E-state index is -0.546. The zero-order chi connectivity index (χ0) is 12.3. The van der Waals surface area contributed by atoms with Crippen molar-refractivity contribution in [3.8, 4) is 6.01 Å². The van der Waals surface area contributed by atoms with Crippen LogP contribution in [0.15, 0.2) is 0 Å². The third-order valence-corrected chi connectivity index (χ3v) is 2.57. The molecule has 0 amide bonds. The summed E-state index contributed by atoms with van der Waals surface area (Å²) in [7, 11) is 2.93. The largest absolute Gasteiger partial charge is 0.467 e. The maximum absolute atomic E-state index is 10.9. The predicted octanol–water partition coefficient (Wildman–Crippen LogP) is 2.22. The number of ether oxygens (including phenoxy) is 1. The summed E-state index contributed by atoms with van der Waals surface area (Å²) in [6.45, 7) is 0. The van der Waals surface area contributed by atoms with Gasteiger partial charge in [0.2, 0.25) is 5.82 Å². The lowest BCUT2D eigenvalue weighted by Gasteiger charge is -2.08. The fourth-order valence-corrected chi connectivity index (χ4v) is 1.69. The lowest BCUT2D eigenvalue weighted by molar-refractivity contribution is -0.385. The number of halogens is 2. The average Bonchev–Trinajstić information content (AvgIpc) is 2.26. The van der Waals surface area contributed by atoms with Crippen LogP contribution in [0.25, 0.3) is 0 Å². The van der Waals surface area contributed by atoms with Crippen LogP contribution < -0.4 is 10.1 Å². The van der Waals surface area contributed by atoms with E-state index in [0.717, 1.165) is 0 Å². The number of hydrogen-bond donors (Lipinski definition) is 1. The summed E-state index contributed by atoms with van der Waals surface area (Å²) >= 11 is 6.33. The molecule has 1 heterocycles. The highest BCUT2D eigenvalue weighted by Crippen LogP contribution is 2.38. The topological polar surface area (TPSA) is 90.2 Å². The second kappa shape index (κ2) is 5.39. The lowest BCUT2D eigenvalue weighted by atomic mass is 10.3. The molecule has 1 aromatic rings. The molecule has 1 N–H and O–H groups in total. The Kier molecular flexibility index (Phi) is 4.42. The van der Waals surface area contributed by atoms with Gasteiger partial charge in [-0.05, 0) is 0 Å². The normalized spacial score (nSPS) is 10.3. The quantitative estimate of drug-likeness (QED) is 0.506. The van der Waals surface area contributed by atoms with Crippen molar-refractivity contribution in [3.05, 3.63) is 15.8 Å². The Morgan fingerprint density at radius 2 is 2.12 bits per heavy atom. The first-order valence-corrected chi connectivity index (χ1v) is 5.90. The van der Waals surface area contributed by atoms with Crippen LogP contribution in [0.2, 0.25) is 0 Å². The number of nitrogens with one attached hydrogen (secondary N) is 1. The zero-order valence-electron chi connectivity index (χ0n) is 8.40. The third-order valence-electron chi connectivity index (χ3n) is 1.70. The van der Waals surface area contributed by atoms with Gasteiger partial charge in [0, 0.05) is 7.05 Å². The van der Waals surface area contributed by atoms with Crippen molar-refractivity contribution in [2.75, 3.05) is 19.5 Å². The first-order valence-electron chi connectivity index (χ1n) is 4.07. The number of anilines is 1. The molecule has 9 heteroatoms. The Hall–Kier alpha value is -0.960. The van der Waals surface area contributed by atoms with Crippen LogP contribution >= 0.6 is 31.9 Å². The van der Waals surface area contributed by atoms with Crippen molar-refractivity contribution in [2.24, 2.45) is 0 Å². The van der Waals surface area contributed by atoms with Crippen molar-refractivity contribution in [2.45, 2.75) is 3.74 Å². The second-order valence-electron chi connectivity index (χ2n) is 2.60. The molecule has 0 fully saturated rings. The molecule has 7 nitrogen and oxygen atoms in total. The SMILES string of the molecule is CNc1nc(OC)nc(C(Br)Br)c1[N+](=O)[O-]. The molecule has 0 spiro atoms. The predicted molar refractivity (Wildman–Crippen MR) is 65.4 cm³/mol. The van der Waals surface area contributed by atoms with Gasteiger partial charge in [0.25, 0.3) is 0 Å². The van der Waals surface area contributed by atoms with Crippen LogP contribution in [-0.4, -0.2) is 29.0 Å². The fourth-order valence-electron chi connectivity index (χ4n) is 1.05. The number of methoxy groups -OCH3 is 1. The molecular formula is C7H8Br2N4O3. The van der Waals surface area contributed by atoms with Crippen LogP contribution in [0.4, 0.5) is 11.5 Å². The summed E-state index contributed by atoms with van der Waals surface area (Å²) in [5.74, 6) is 0.107. The van der Waals surface area contributed by atoms with E-state index in [9.17, 15) is 10.1 Å². The summed E-state index contributed by atoms with van der Waals surface area (Å²) < 4.78 is 4.40. The smallest absolute Gasteiger partial charge is 0.334 e. The summed E-state index contributed by atoms with van der Waals surface area (Å²) in [6.07, 6.45) is 0. The Morgan fingerprint density at radius 3 is 2.50 bits per heavy atom. The molecule has 0 saturated heterocycles. The number of alkyl halides is 2. The van der Waals surface area contributed by atoms with Gasteiger partial charge in [0.1, 0.15) is 3.74 Å². The first-order chi connectivity index (χ1) is 7.51. The van der Waals surface area contributed by atoms with Gasteiger partial charge in [-0.1, -0.05) is 31.9 Å². The van der Waals surface area contributed by atoms with Gasteiger partial charge in [0.15, 0.2) is 5.69 Å². The minimum Gasteiger partial charge on any atom is -0.467 e. The monoisotopic (exact) mass is 354 g/mol. The number of aromatic nitrogens is 2. The molecular weight excluding hydrogens is 348 g/mol. The van der Waals surface area contributed by atoms with E-state index in [1.807, 2.05) is 0 Å². The average molecular weight is 356 g/mol. The zero-order valence-corrected chi connectivity index (χ0v) is 11.6. The van der Waals surface area contributed by atoms with Gasteiger partial charge < -0.3 is 10.1 Å². The van der Waals surface area contributed by atoms with Crippen LogP contribution in [0.1, 0.15) is 9.43 Å². The molecule has 1 aromatic heterocycles. The molecule has 0 aromatic carbocycles. The number of hydrogen-bond acceptors (Lipinski definition) is 6. The maximum Gasteiger partial charge on any atom is 0.334 e. The van der Waals surface area contributed by atoms with Gasteiger partial charge in [0.05, 0.1) is 12.0 Å². The van der Waals surface area contributed by atoms with Crippen molar-refractivity contribution in [1.82, 2.24) is 9.97 Å².